The zero-order valence-electron chi connectivity index (χ0n) is 12.2. The smallest absolute Gasteiger partial charge is 0.326 e. The Labute approximate surface area is 124 Å². The minimum absolute atomic E-state index is 0.101. The van der Waals surface area contributed by atoms with Gasteiger partial charge in [0.2, 0.25) is 0 Å². The predicted molar refractivity (Wildman–Crippen MR) is 75.1 cm³/mol. The number of ether oxygens (including phenoxy) is 1. The largest absolute Gasteiger partial charge is 0.480 e. The van der Waals surface area contributed by atoms with Crippen molar-refractivity contribution in [3.63, 3.8) is 0 Å². The molecule has 3 rings (SSSR count). The summed E-state index contributed by atoms with van der Waals surface area (Å²) in [6.07, 6.45) is 2.32. The van der Waals surface area contributed by atoms with E-state index in [4.69, 9.17) is 4.74 Å². The van der Waals surface area contributed by atoms with E-state index in [0.29, 0.717) is 25.6 Å². The van der Waals surface area contributed by atoms with Gasteiger partial charge >= 0.3 is 12.0 Å². The lowest BCUT2D eigenvalue weighted by atomic mass is 10.2. The van der Waals surface area contributed by atoms with Crippen molar-refractivity contribution in [1.29, 1.82) is 0 Å². The quantitative estimate of drug-likeness (QED) is 0.780. The van der Waals surface area contributed by atoms with Crippen molar-refractivity contribution < 1.29 is 19.4 Å². The molecule has 0 aromatic rings. The summed E-state index contributed by atoms with van der Waals surface area (Å²) in [7, 11) is 0. The first kappa shape index (κ1) is 14.6. The Morgan fingerprint density at radius 1 is 1.05 bits per heavy atom. The fraction of sp³-hybridized carbons (Fsp3) is 0.857. The number of carbonyl (C=O) groups excluding carboxylic acids is 1. The Bertz CT molecular complexity index is 411. The highest BCUT2D eigenvalue weighted by molar-refractivity contribution is 5.83. The molecule has 7 heteroatoms. The molecule has 0 spiro atoms. The fourth-order valence-corrected chi connectivity index (χ4v) is 3.59. The Hall–Kier alpha value is -1.34. The minimum atomic E-state index is -0.884. The van der Waals surface area contributed by atoms with Gasteiger partial charge in [-0.2, -0.15) is 0 Å². The number of rotatable bonds is 2. The number of hydrogen-bond donors (Lipinski definition) is 1. The van der Waals surface area contributed by atoms with Crippen LogP contribution in [0.4, 0.5) is 4.79 Å². The number of carboxylic acids is 1. The molecule has 21 heavy (non-hydrogen) atoms. The van der Waals surface area contributed by atoms with E-state index in [1.54, 1.807) is 0 Å². The number of aliphatic carboxylic acids is 1. The van der Waals surface area contributed by atoms with Crippen LogP contribution in [0.25, 0.3) is 0 Å². The molecule has 0 bridgehead atoms. The van der Waals surface area contributed by atoms with Crippen molar-refractivity contribution in [1.82, 2.24) is 14.7 Å². The number of carboxylic acid groups (broad SMARTS) is 1. The summed E-state index contributed by atoms with van der Waals surface area (Å²) in [5, 5.41) is 9.20. The van der Waals surface area contributed by atoms with Crippen molar-refractivity contribution >= 4 is 12.0 Å². The van der Waals surface area contributed by atoms with Gasteiger partial charge in [-0.05, 0) is 19.3 Å². The molecule has 0 radical (unpaired) electrons. The van der Waals surface area contributed by atoms with Gasteiger partial charge in [-0.25, -0.2) is 9.59 Å². The average Bonchev–Trinajstić information content (AvgIpc) is 3.17. The SMILES string of the molecule is O=C(O)C1CCCN1C(=O)N1CCC(N2CCOCC2)C1. The van der Waals surface area contributed by atoms with Gasteiger partial charge in [0.1, 0.15) is 6.04 Å². The van der Waals surface area contributed by atoms with Gasteiger partial charge in [0, 0.05) is 38.8 Å². The van der Waals surface area contributed by atoms with Crippen LogP contribution in [0.1, 0.15) is 19.3 Å². The van der Waals surface area contributed by atoms with E-state index in [2.05, 4.69) is 4.90 Å². The second kappa shape index (κ2) is 6.19. The third-order valence-electron chi connectivity index (χ3n) is 4.78. The van der Waals surface area contributed by atoms with E-state index < -0.39 is 12.0 Å². The van der Waals surface area contributed by atoms with E-state index in [0.717, 1.165) is 45.7 Å². The minimum Gasteiger partial charge on any atom is -0.480 e. The molecule has 2 atom stereocenters. The first-order chi connectivity index (χ1) is 10.2. The van der Waals surface area contributed by atoms with Gasteiger partial charge in [-0.15, -0.1) is 0 Å². The van der Waals surface area contributed by atoms with E-state index in [1.165, 1.54) is 4.90 Å². The third-order valence-corrected chi connectivity index (χ3v) is 4.78. The number of morpholine rings is 1. The molecule has 7 nitrogen and oxygen atoms in total. The van der Waals surface area contributed by atoms with Crippen LogP contribution in [0.5, 0.6) is 0 Å². The summed E-state index contributed by atoms with van der Waals surface area (Å²) in [4.78, 5) is 29.5. The molecule has 3 aliphatic rings. The lowest BCUT2D eigenvalue weighted by molar-refractivity contribution is -0.141. The third kappa shape index (κ3) is 2.98. The number of likely N-dealkylation sites (tertiary alicyclic amines) is 2. The summed E-state index contributed by atoms with van der Waals surface area (Å²) in [6, 6.07) is -0.348. The first-order valence-corrected chi connectivity index (χ1v) is 7.77. The maximum atomic E-state index is 12.5. The highest BCUT2D eigenvalue weighted by Crippen LogP contribution is 2.23. The normalized spacial score (nSPS) is 30.9. The average molecular weight is 297 g/mol. The zero-order valence-corrected chi connectivity index (χ0v) is 12.2. The molecule has 1 N–H and O–H groups in total. The maximum absolute atomic E-state index is 12.5. The van der Waals surface area contributed by atoms with Crippen LogP contribution in [0, 0.1) is 0 Å². The molecule has 3 fully saturated rings. The van der Waals surface area contributed by atoms with Crippen LogP contribution >= 0.6 is 0 Å². The van der Waals surface area contributed by atoms with Crippen LogP contribution in [-0.2, 0) is 9.53 Å². The number of carbonyl (C=O) groups is 2. The van der Waals surface area contributed by atoms with Crippen LogP contribution in [0.3, 0.4) is 0 Å². The Morgan fingerprint density at radius 2 is 1.81 bits per heavy atom. The molecule has 3 aliphatic heterocycles. The molecular weight excluding hydrogens is 274 g/mol. The topological polar surface area (TPSA) is 73.3 Å². The first-order valence-electron chi connectivity index (χ1n) is 7.77. The molecule has 3 heterocycles. The molecule has 118 valence electrons. The molecule has 0 aromatic heterocycles. The molecule has 0 aliphatic carbocycles. The van der Waals surface area contributed by atoms with Crippen molar-refractivity contribution in [2.24, 2.45) is 0 Å². The summed E-state index contributed by atoms with van der Waals surface area (Å²) in [5.74, 6) is -0.884. The number of amides is 2. The van der Waals surface area contributed by atoms with Gasteiger partial charge in [0.05, 0.1) is 13.2 Å². The van der Waals surface area contributed by atoms with E-state index >= 15 is 0 Å². The van der Waals surface area contributed by atoms with Crippen molar-refractivity contribution in [3.8, 4) is 0 Å². The Kier molecular flexibility index (Phi) is 4.30. The molecule has 2 amide bonds. The lowest BCUT2D eigenvalue weighted by Gasteiger charge is -2.32. The standard InChI is InChI=1S/C14H23N3O4/c18-13(19)12-2-1-4-17(12)14(20)16-5-3-11(10-16)15-6-8-21-9-7-15/h11-12H,1-10H2,(H,18,19). The molecular formula is C14H23N3O4. The highest BCUT2D eigenvalue weighted by atomic mass is 16.5. The summed E-state index contributed by atoms with van der Waals surface area (Å²) < 4.78 is 5.36. The van der Waals surface area contributed by atoms with Crippen LogP contribution in [0.15, 0.2) is 0 Å². The second-order valence-electron chi connectivity index (χ2n) is 6.01. The number of nitrogens with zero attached hydrogens (tertiary/aromatic N) is 3. The van der Waals surface area contributed by atoms with Crippen LogP contribution in [0.2, 0.25) is 0 Å². The summed E-state index contributed by atoms with van der Waals surface area (Å²) in [6.45, 7) is 5.37. The van der Waals surface area contributed by atoms with Gasteiger partial charge in [-0.3, -0.25) is 4.90 Å². The Morgan fingerprint density at radius 3 is 2.52 bits per heavy atom. The van der Waals surface area contributed by atoms with Gasteiger partial charge in [0.25, 0.3) is 0 Å². The fourth-order valence-electron chi connectivity index (χ4n) is 3.59. The van der Waals surface area contributed by atoms with Crippen molar-refractivity contribution in [2.45, 2.75) is 31.3 Å². The van der Waals surface area contributed by atoms with Gasteiger partial charge in [-0.1, -0.05) is 0 Å². The number of urea groups is 1. The molecule has 0 saturated carbocycles. The molecule has 2 unspecified atom stereocenters. The second-order valence-corrected chi connectivity index (χ2v) is 6.01. The number of hydrogen-bond acceptors (Lipinski definition) is 4. The van der Waals surface area contributed by atoms with E-state index in [-0.39, 0.29) is 6.03 Å². The van der Waals surface area contributed by atoms with Crippen molar-refractivity contribution in [3.05, 3.63) is 0 Å². The predicted octanol–water partition coefficient (Wildman–Crippen LogP) is 0.0619. The summed E-state index contributed by atoms with van der Waals surface area (Å²) in [5.41, 5.74) is 0. The maximum Gasteiger partial charge on any atom is 0.326 e. The lowest BCUT2D eigenvalue weighted by Crippen LogP contribution is -2.49. The van der Waals surface area contributed by atoms with Crippen LogP contribution < -0.4 is 0 Å². The van der Waals surface area contributed by atoms with Crippen LogP contribution in [-0.4, -0.2) is 89.8 Å². The van der Waals surface area contributed by atoms with E-state index in [9.17, 15) is 14.7 Å². The van der Waals surface area contributed by atoms with Gasteiger partial charge in [0.15, 0.2) is 0 Å². The molecule has 0 aromatic carbocycles. The Balaban J connectivity index is 1.57. The monoisotopic (exact) mass is 297 g/mol. The summed E-state index contributed by atoms with van der Waals surface area (Å²) >= 11 is 0. The highest BCUT2D eigenvalue weighted by Gasteiger charge is 2.39. The zero-order chi connectivity index (χ0) is 14.8. The van der Waals surface area contributed by atoms with Crippen molar-refractivity contribution in [2.75, 3.05) is 45.9 Å². The molecule has 3 saturated heterocycles. The van der Waals surface area contributed by atoms with E-state index in [1.807, 2.05) is 4.90 Å². The van der Waals surface area contributed by atoms with Gasteiger partial charge < -0.3 is 19.6 Å².